The second kappa shape index (κ2) is 5.81. The molecule has 1 aliphatic rings. The topological polar surface area (TPSA) is 52.6 Å². The molecule has 1 saturated heterocycles. The van der Waals surface area contributed by atoms with Crippen molar-refractivity contribution in [2.45, 2.75) is 44.0 Å². The van der Waals surface area contributed by atoms with Crippen molar-refractivity contribution in [3.8, 4) is 0 Å². The first-order valence-corrected chi connectivity index (χ1v) is 8.27. The van der Waals surface area contributed by atoms with Gasteiger partial charge in [0.05, 0.1) is 12.0 Å². The van der Waals surface area contributed by atoms with E-state index in [2.05, 4.69) is 0 Å². The lowest BCUT2D eigenvalue weighted by molar-refractivity contribution is -1.24. The highest BCUT2D eigenvalue weighted by molar-refractivity contribution is 7.86. The van der Waals surface area contributed by atoms with Crippen LogP contribution in [0, 0.1) is 6.92 Å². The van der Waals surface area contributed by atoms with Crippen LogP contribution in [-0.4, -0.2) is 32.9 Å². The van der Waals surface area contributed by atoms with Crippen molar-refractivity contribution in [1.82, 2.24) is 0 Å². The number of piperidine rings is 1. The number of hydroxylamine groups is 4. The molecule has 2 rings (SSSR count). The second-order valence-corrected chi connectivity index (χ2v) is 6.85. The molecule has 112 valence electrons. The monoisotopic (exact) mass is 300 g/mol. The number of hydrogen-bond acceptors (Lipinski definition) is 4. The molecule has 1 aromatic rings. The van der Waals surface area contributed by atoms with Crippen LogP contribution in [0.2, 0.25) is 0 Å². The molecule has 1 heterocycles. The number of aryl methyl sites for hydroxylation is 1. The van der Waals surface area contributed by atoms with E-state index in [1.165, 1.54) is 7.11 Å². The molecule has 20 heavy (non-hydrogen) atoms. The average molecular weight is 300 g/mol. The highest BCUT2D eigenvalue weighted by Gasteiger charge is 2.45. The molecule has 0 spiro atoms. The number of nitrogens with zero attached hydrogens (tertiary/aromatic N) is 1. The molecule has 0 radical (unpaired) electrons. The van der Waals surface area contributed by atoms with Crippen LogP contribution in [0.25, 0.3) is 0 Å². The van der Waals surface area contributed by atoms with E-state index in [4.69, 9.17) is 9.12 Å². The summed E-state index contributed by atoms with van der Waals surface area (Å²) in [4.78, 5) is 5.29. The van der Waals surface area contributed by atoms with Crippen LogP contribution in [0.5, 0.6) is 0 Å². The first-order chi connectivity index (χ1) is 9.39. The lowest BCUT2D eigenvalue weighted by atomic mass is 10.1. The van der Waals surface area contributed by atoms with Gasteiger partial charge >= 0.3 is 10.1 Å². The van der Waals surface area contributed by atoms with Gasteiger partial charge in [-0.3, -0.25) is 0 Å². The van der Waals surface area contributed by atoms with Gasteiger partial charge in [-0.25, -0.2) is 0 Å². The van der Waals surface area contributed by atoms with E-state index in [1.807, 2.05) is 13.8 Å². The molecule has 0 saturated carbocycles. The summed E-state index contributed by atoms with van der Waals surface area (Å²) in [7, 11) is -2.34. The highest BCUT2D eigenvalue weighted by Crippen LogP contribution is 2.30. The molecule has 5 nitrogen and oxygen atoms in total. The van der Waals surface area contributed by atoms with Crippen molar-refractivity contribution in [2.75, 3.05) is 13.7 Å². The molecule has 2 atom stereocenters. The van der Waals surface area contributed by atoms with Crippen molar-refractivity contribution in [3.05, 3.63) is 29.8 Å². The predicted octanol–water partition coefficient (Wildman–Crippen LogP) is 2.57. The van der Waals surface area contributed by atoms with Gasteiger partial charge in [-0.15, -0.1) is 0 Å². The molecular formula is C14H22NO4S+. The summed E-state index contributed by atoms with van der Waals surface area (Å²) in [5, 5.41) is 0. The zero-order valence-corrected chi connectivity index (χ0v) is 13.0. The van der Waals surface area contributed by atoms with Crippen LogP contribution in [0.15, 0.2) is 29.2 Å². The van der Waals surface area contributed by atoms with Gasteiger partial charge < -0.3 is 0 Å². The normalized spacial score (nSPS) is 27.4. The molecule has 1 aromatic carbocycles. The van der Waals surface area contributed by atoms with Gasteiger partial charge in [0.2, 0.25) is 0 Å². The SMILES string of the molecule is CO[N+]1(OS(=O)(=O)c2ccc(C)cc2)CCCCC1C. The molecule has 6 heteroatoms. The molecule has 0 aliphatic carbocycles. The minimum atomic E-state index is -3.83. The van der Waals surface area contributed by atoms with Crippen molar-refractivity contribution in [1.29, 1.82) is 0 Å². The maximum atomic E-state index is 12.4. The van der Waals surface area contributed by atoms with Crippen LogP contribution in [0.4, 0.5) is 0 Å². The summed E-state index contributed by atoms with van der Waals surface area (Å²) in [6, 6.07) is 6.63. The summed E-state index contributed by atoms with van der Waals surface area (Å²) in [6.45, 7) is 4.41. The number of hydrogen-bond donors (Lipinski definition) is 0. The maximum Gasteiger partial charge on any atom is 0.346 e. The fourth-order valence-corrected chi connectivity index (χ4v) is 3.69. The third-order valence-corrected chi connectivity index (χ3v) is 5.15. The van der Waals surface area contributed by atoms with E-state index in [9.17, 15) is 8.42 Å². The zero-order valence-electron chi connectivity index (χ0n) is 12.2. The predicted molar refractivity (Wildman–Crippen MR) is 74.9 cm³/mol. The van der Waals surface area contributed by atoms with Gasteiger partial charge in [0.25, 0.3) is 0 Å². The minimum absolute atomic E-state index is 0.00558. The van der Waals surface area contributed by atoms with Gasteiger partial charge in [0, 0.05) is 12.8 Å². The smallest absolute Gasteiger partial charge is 0.189 e. The summed E-state index contributed by atoms with van der Waals surface area (Å²) < 4.78 is 30.2. The third kappa shape index (κ3) is 3.03. The lowest BCUT2D eigenvalue weighted by Gasteiger charge is -2.37. The van der Waals surface area contributed by atoms with E-state index >= 15 is 0 Å². The van der Waals surface area contributed by atoms with Crippen molar-refractivity contribution in [2.24, 2.45) is 0 Å². The largest absolute Gasteiger partial charge is 0.346 e. The summed E-state index contributed by atoms with van der Waals surface area (Å²) in [5.41, 5.74) is 1.01. The van der Waals surface area contributed by atoms with E-state index in [0.29, 0.717) is 6.54 Å². The van der Waals surface area contributed by atoms with Gasteiger partial charge in [-0.05, 0) is 41.5 Å². The second-order valence-electron chi connectivity index (χ2n) is 5.32. The number of quaternary nitrogens is 1. The Labute approximate surface area is 120 Å². The Morgan fingerprint density at radius 3 is 2.40 bits per heavy atom. The molecular weight excluding hydrogens is 278 g/mol. The van der Waals surface area contributed by atoms with E-state index in [-0.39, 0.29) is 15.7 Å². The van der Waals surface area contributed by atoms with Crippen LogP contribution in [0.3, 0.4) is 0 Å². The number of benzene rings is 1. The molecule has 1 fully saturated rings. The minimum Gasteiger partial charge on any atom is -0.189 e. The first-order valence-electron chi connectivity index (χ1n) is 6.86. The van der Waals surface area contributed by atoms with E-state index in [0.717, 1.165) is 24.8 Å². The van der Waals surface area contributed by atoms with Crippen LogP contribution >= 0.6 is 0 Å². The Balaban J connectivity index is 2.28. The zero-order chi connectivity index (χ0) is 14.8. The Morgan fingerprint density at radius 2 is 1.85 bits per heavy atom. The van der Waals surface area contributed by atoms with Gasteiger partial charge in [0.1, 0.15) is 6.54 Å². The lowest BCUT2D eigenvalue weighted by Crippen LogP contribution is -2.56. The first kappa shape index (κ1) is 15.4. The summed E-state index contributed by atoms with van der Waals surface area (Å²) >= 11 is 0. The van der Waals surface area contributed by atoms with Crippen LogP contribution < -0.4 is 0 Å². The Kier molecular flexibility index (Phi) is 4.49. The summed E-state index contributed by atoms with van der Waals surface area (Å²) in [5.74, 6) is 0. The third-order valence-electron chi connectivity index (χ3n) is 3.86. The summed E-state index contributed by atoms with van der Waals surface area (Å²) in [6.07, 6.45) is 2.84. The standard InChI is InChI=1S/C14H22NO4S/c1-12-7-9-14(10-8-12)20(16,17)19-15(18-3)11-5-4-6-13(15)2/h7-10,13H,4-6,11H2,1-3H3/q+1. The Morgan fingerprint density at radius 1 is 1.20 bits per heavy atom. The molecule has 2 unspecified atom stereocenters. The molecule has 0 N–H and O–H groups in total. The fraction of sp³-hybridized carbons (Fsp3) is 0.571. The van der Waals surface area contributed by atoms with E-state index < -0.39 is 10.1 Å². The molecule has 0 aromatic heterocycles. The quantitative estimate of drug-likeness (QED) is 0.802. The molecule has 0 bridgehead atoms. The average Bonchev–Trinajstić information content (AvgIpc) is 2.42. The number of rotatable bonds is 4. The van der Waals surface area contributed by atoms with Gasteiger partial charge in [-0.2, -0.15) is 13.3 Å². The van der Waals surface area contributed by atoms with Crippen molar-refractivity contribution < 1.29 is 22.3 Å². The van der Waals surface area contributed by atoms with Crippen molar-refractivity contribution >= 4 is 10.1 Å². The maximum absolute atomic E-state index is 12.4. The highest BCUT2D eigenvalue weighted by atomic mass is 32.2. The Hall–Kier alpha value is -0.950. The van der Waals surface area contributed by atoms with Crippen LogP contribution in [-0.2, 0) is 19.2 Å². The van der Waals surface area contributed by atoms with E-state index in [1.54, 1.807) is 24.3 Å². The van der Waals surface area contributed by atoms with Gasteiger partial charge in [0.15, 0.2) is 6.04 Å². The van der Waals surface area contributed by atoms with Crippen molar-refractivity contribution in [3.63, 3.8) is 0 Å². The van der Waals surface area contributed by atoms with Gasteiger partial charge in [-0.1, -0.05) is 17.7 Å². The Bertz CT molecular complexity index is 555. The molecule has 0 amide bonds. The fourth-order valence-electron chi connectivity index (χ4n) is 2.52. The van der Waals surface area contributed by atoms with Crippen LogP contribution in [0.1, 0.15) is 31.7 Å². The molecule has 1 aliphatic heterocycles.